The Labute approximate surface area is 784 Å². The van der Waals surface area contributed by atoms with Crippen molar-refractivity contribution in [1.82, 2.24) is 9.13 Å². The number of furan rings is 4. The topological polar surface area (TPSA) is 75.4 Å². The molecule has 0 bridgehead atoms. The number of aromatic nitrogens is 2. The van der Waals surface area contributed by atoms with Crippen molar-refractivity contribution >= 4 is 213 Å². The lowest BCUT2D eigenvalue weighted by Gasteiger charge is -2.50. The Balaban J connectivity index is 0.000000136. The van der Waals surface area contributed by atoms with E-state index in [0.29, 0.717) is 0 Å². The van der Waals surface area contributed by atoms with Crippen molar-refractivity contribution in [3.05, 3.63) is 299 Å². The van der Waals surface area contributed by atoms with Crippen LogP contribution in [-0.4, -0.2) is 33.6 Å². The normalized spacial score (nSPS) is 19.8. The third-order valence-corrected chi connectivity index (χ3v) is 34.1. The molecular formula is C122H112B2N6O4. The molecule has 6 aromatic heterocycles. The zero-order valence-electron chi connectivity index (χ0n) is 80.4. The van der Waals surface area contributed by atoms with Gasteiger partial charge in [-0.3, -0.25) is 0 Å². The molecule has 0 N–H and O–H groups in total. The molecule has 12 heterocycles. The molecule has 2 fully saturated rings. The van der Waals surface area contributed by atoms with Gasteiger partial charge in [0.1, 0.15) is 38.9 Å². The van der Waals surface area contributed by atoms with Crippen LogP contribution in [0.3, 0.4) is 0 Å². The van der Waals surface area contributed by atoms with Gasteiger partial charge < -0.3 is 46.4 Å². The predicted molar refractivity (Wildman–Crippen MR) is 564 cm³/mol. The summed E-state index contributed by atoms with van der Waals surface area (Å²) in [6.45, 7) is 42.9. The molecule has 8 aliphatic rings. The monoisotopic (exact) mass is 1750 g/mol. The van der Waals surface area contributed by atoms with Crippen LogP contribution in [0.25, 0.3) is 121 Å². The lowest BCUT2D eigenvalue weighted by molar-refractivity contribution is 0.195. The predicted octanol–water partition coefficient (Wildman–Crippen LogP) is 29.4. The average Bonchev–Trinajstić information content (AvgIpc) is 1.46. The first-order chi connectivity index (χ1) is 64.3. The number of hydrogen-bond acceptors (Lipinski definition) is 8. The number of nitrogens with zero attached hydrogens (tertiary/aromatic N) is 6. The molecule has 6 aliphatic heterocycles. The molecule has 134 heavy (non-hydrogen) atoms. The standard InChI is InChI=1S/2C61H56BN3O2/c1-35-29-49-53-50(30-35)64-54-42(57-55(64)41-18-11-13-22-52(41)67-57)31-37(59(5,6)7)33-45(54)62(53)44-25-24-38(34-48(44)63(49)47-20-16-19-40-39-17-10-12-21-51(39)66-56(40)47)65-46-26-23-36(58(2,3)4)32-43(46)60(8)27-14-15-28-61(60,65)9;1-35-29-48-54-49(30-35)64-55-41(57-56(64)40-18-11-13-21-51(40)67-57)31-37(59(5,6)7)33-44(55)62(54)43-25-24-38(34-47(43)63(48)46-19-16-22-52-53(46)39-17-10-12-20-50(39)66-52)65-45-26-23-36(58(2,3)4)32-42(45)60(8)27-14-15-28-61(60,65)9/h2*10-13,16-26,29-34H,14-15,27-28H2,1-9H3. The van der Waals surface area contributed by atoms with Gasteiger partial charge in [-0.05, 0) is 280 Å². The van der Waals surface area contributed by atoms with Crippen LogP contribution >= 0.6 is 0 Å². The highest BCUT2D eigenvalue weighted by atomic mass is 16.3. The summed E-state index contributed by atoms with van der Waals surface area (Å²) >= 11 is 0. The summed E-state index contributed by atoms with van der Waals surface area (Å²) < 4.78 is 32.6. The van der Waals surface area contributed by atoms with Gasteiger partial charge in [0.15, 0.2) is 16.7 Å². The van der Waals surface area contributed by atoms with E-state index in [2.05, 4.69) is 408 Å². The fourth-order valence-corrected chi connectivity index (χ4v) is 26.9. The minimum absolute atomic E-state index is 0.00474. The maximum atomic E-state index is 6.98. The van der Waals surface area contributed by atoms with Crippen molar-refractivity contribution in [1.29, 1.82) is 0 Å². The van der Waals surface area contributed by atoms with Crippen molar-refractivity contribution < 1.29 is 17.7 Å². The van der Waals surface area contributed by atoms with E-state index in [0.717, 1.165) is 112 Å². The second-order valence-electron chi connectivity index (χ2n) is 45.9. The molecule has 0 amide bonds. The summed E-state index contributed by atoms with van der Waals surface area (Å²) in [6, 6.07) is 97.0. The molecule has 4 atom stereocenters. The van der Waals surface area contributed by atoms with Crippen LogP contribution in [0.2, 0.25) is 0 Å². The molecule has 0 spiro atoms. The maximum absolute atomic E-state index is 6.98. The number of aryl methyl sites for hydroxylation is 2. The third kappa shape index (κ3) is 10.6. The van der Waals surface area contributed by atoms with Crippen LogP contribution in [0.15, 0.2) is 272 Å². The highest BCUT2D eigenvalue weighted by Crippen LogP contribution is 2.65. The first-order valence-corrected chi connectivity index (χ1v) is 49.2. The van der Waals surface area contributed by atoms with Gasteiger partial charge in [0.05, 0.1) is 38.9 Å². The molecule has 12 heteroatoms. The van der Waals surface area contributed by atoms with E-state index in [9.17, 15) is 0 Å². The largest absolute Gasteiger partial charge is 0.456 e. The van der Waals surface area contributed by atoms with Crippen LogP contribution < -0.4 is 52.4 Å². The fraction of sp³-hybridized carbons (Fsp3) is 0.279. The van der Waals surface area contributed by atoms with E-state index in [1.165, 1.54) is 194 Å². The molecule has 4 unspecified atom stereocenters. The number of hydrogen-bond donors (Lipinski definition) is 0. The molecule has 20 aromatic rings. The van der Waals surface area contributed by atoms with Gasteiger partial charge >= 0.3 is 0 Å². The zero-order chi connectivity index (χ0) is 91.4. The van der Waals surface area contributed by atoms with E-state index >= 15 is 0 Å². The Morgan fingerprint density at radius 3 is 1.14 bits per heavy atom. The van der Waals surface area contributed by atoms with Crippen molar-refractivity contribution in [3.63, 3.8) is 0 Å². The Morgan fingerprint density at radius 1 is 0.276 bits per heavy atom. The van der Waals surface area contributed by atoms with Crippen LogP contribution in [0.5, 0.6) is 0 Å². The Bertz CT molecular complexity index is 8620. The van der Waals surface area contributed by atoms with Crippen LogP contribution in [-0.2, 0) is 32.5 Å². The summed E-state index contributed by atoms with van der Waals surface area (Å²) in [5.74, 6) is 0. The van der Waals surface area contributed by atoms with Crippen molar-refractivity contribution in [2.75, 3.05) is 19.6 Å². The van der Waals surface area contributed by atoms with Gasteiger partial charge in [-0.1, -0.05) is 250 Å². The molecule has 28 rings (SSSR count). The third-order valence-electron chi connectivity index (χ3n) is 34.1. The summed E-state index contributed by atoms with van der Waals surface area (Å²) in [7, 11) is 0. The Morgan fingerprint density at radius 2 is 0.664 bits per heavy atom. The van der Waals surface area contributed by atoms with Gasteiger partial charge in [0.25, 0.3) is 13.4 Å². The molecule has 0 radical (unpaired) electrons. The van der Waals surface area contributed by atoms with Crippen LogP contribution in [0.4, 0.5) is 56.9 Å². The van der Waals surface area contributed by atoms with Crippen molar-refractivity contribution in [2.45, 2.75) is 220 Å². The van der Waals surface area contributed by atoms with E-state index in [4.69, 9.17) is 17.7 Å². The maximum Gasteiger partial charge on any atom is 0.252 e. The number of rotatable bonds is 4. The Hall–Kier alpha value is -13.3. The average molecular weight is 1750 g/mol. The first-order valence-electron chi connectivity index (χ1n) is 49.2. The molecular weight excluding hydrogens is 1640 g/mol. The van der Waals surface area contributed by atoms with Crippen LogP contribution in [0, 0.1) is 13.8 Å². The number of anilines is 10. The number of para-hydroxylation sites is 5. The fourth-order valence-electron chi connectivity index (χ4n) is 26.9. The molecule has 2 saturated carbocycles. The molecule has 0 saturated heterocycles. The highest BCUT2D eigenvalue weighted by Gasteiger charge is 2.61. The summed E-state index contributed by atoms with van der Waals surface area (Å²) in [6.07, 6.45) is 9.60. The molecule has 660 valence electrons. The van der Waals surface area contributed by atoms with Gasteiger partial charge in [0.2, 0.25) is 0 Å². The number of benzene rings is 14. The molecule has 2 aliphatic carbocycles. The summed E-state index contributed by atoms with van der Waals surface area (Å²) in [5, 5.41) is 9.17. The molecule has 14 aromatic carbocycles. The lowest BCUT2D eigenvalue weighted by atomic mass is 9.33. The smallest absolute Gasteiger partial charge is 0.252 e. The Kier molecular flexibility index (Phi) is 16.1. The minimum Gasteiger partial charge on any atom is -0.456 e. The van der Waals surface area contributed by atoms with Gasteiger partial charge in [0, 0.05) is 105 Å². The second kappa shape index (κ2) is 26.8. The minimum atomic E-state index is -0.103. The van der Waals surface area contributed by atoms with Gasteiger partial charge in [-0.2, -0.15) is 0 Å². The van der Waals surface area contributed by atoms with Gasteiger partial charge in [-0.15, -0.1) is 0 Å². The zero-order valence-corrected chi connectivity index (χ0v) is 80.4. The SMILES string of the molecule is Cc1cc2c3c(c1)-n1c4c(cc(C(C)(C)C)cc4c4oc5ccccc5c41)B3c1ccc(N3c4ccc(C(C)(C)C)cc4C4(C)CCCCC34C)cc1N2c1cccc2c1oc1ccccc12.Cc1cc2c3c(c1)-n1c4c(cc(C(C)(C)C)cc4c4oc5ccccc5c41)B3c1ccc(N3c4ccc(C(C)(C)C)cc4C4(C)CCCCC34C)cc1N2c1cccc2oc3ccccc3c12. The first kappa shape index (κ1) is 80.3. The highest BCUT2D eigenvalue weighted by molar-refractivity contribution is 7.01. The van der Waals surface area contributed by atoms with Crippen molar-refractivity contribution in [3.8, 4) is 11.4 Å². The number of fused-ring (bicyclic) bond motifs is 30. The van der Waals surface area contributed by atoms with E-state index in [1.807, 2.05) is 0 Å². The summed E-state index contributed by atoms with van der Waals surface area (Å²) in [4.78, 5) is 10.7. The van der Waals surface area contributed by atoms with Gasteiger partial charge in [-0.25, -0.2) is 0 Å². The van der Waals surface area contributed by atoms with E-state index in [-0.39, 0.29) is 57.0 Å². The van der Waals surface area contributed by atoms with Crippen molar-refractivity contribution in [2.24, 2.45) is 0 Å². The van der Waals surface area contributed by atoms with Crippen LogP contribution in [0.1, 0.15) is 207 Å². The second-order valence-corrected chi connectivity index (χ2v) is 45.9. The quantitative estimate of drug-likeness (QED) is 0.161. The molecule has 10 nitrogen and oxygen atoms in total. The van der Waals surface area contributed by atoms with E-state index < -0.39 is 0 Å². The van der Waals surface area contributed by atoms with E-state index in [1.54, 1.807) is 0 Å². The lowest BCUT2D eigenvalue weighted by Crippen LogP contribution is -2.60. The summed E-state index contributed by atoms with van der Waals surface area (Å²) in [5.41, 5.74) is 45.3.